The third-order valence-corrected chi connectivity index (χ3v) is 1.75. The molecule has 0 aromatic heterocycles. The lowest BCUT2D eigenvalue weighted by Crippen LogP contribution is -2.22. The number of nitrogens with one attached hydrogen (secondary N) is 2. The van der Waals surface area contributed by atoms with E-state index in [2.05, 4.69) is 5.10 Å². The normalized spacial score (nSPS) is 10.9. The molecule has 0 spiro atoms. The summed E-state index contributed by atoms with van der Waals surface area (Å²) in [6.07, 6.45) is 0. The van der Waals surface area contributed by atoms with Gasteiger partial charge >= 0.3 is 0 Å². The Balaban J connectivity index is 3.21. The van der Waals surface area contributed by atoms with Gasteiger partial charge in [-0.1, -0.05) is 0 Å². The molecule has 0 radical (unpaired) electrons. The van der Waals surface area contributed by atoms with E-state index in [1.165, 1.54) is 6.07 Å². The highest BCUT2D eigenvalue weighted by Gasteiger charge is 2.19. The summed E-state index contributed by atoms with van der Waals surface area (Å²) in [5, 5.41) is 18.4. The second-order valence-electron chi connectivity index (χ2n) is 2.94. The summed E-state index contributed by atoms with van der Waals surface area (Å²) >= 11 is 0. The Bertz CT molecular complexity index is 549. The number of anilines is 1. The molecule has 0 saturated heterocycles. The highest BCUT2D eigenvalue weighted by molar-refractivity contribution is 6.45. The molecule has 18 heavy (non-hydrogen) atoms. The van der Waals surface area contributed by atoms with Gasteiger partial charge in [0, 0.05) is 6.07 Å². The molecule has 0 saturated carbocycles. The largest absolute Gasteiger partial charge is 0.382 e. The predicted molar refractivity (Wildman–Crippen MR) is 54.9 cm³/mol. The average Bonchev–Trinajstić information content (AvgIpc) is 2.31. The molecule has 0 aliphatic rings. The first kappa shape index (κ1) is 13.4. The lowest BCUT2D eigenvalue weighted by molar-refractivity contribution is 0.458. The van der Waals surface area contributed by atoms with Gasteiger partial charge in [-0.25, -0.2) is 17.6 Å². The second-order valence-corrected chi connectivity index (χ2v) is 2.94. The summed E-state index contributed by atoms with van der Waals surface area (Å²) in [5.74, 6) is -7.46. The maximum Gasteiger partial charge on any atom is 0.201 e. The molecule has 1 rings (SSSR count). The summed E-state index contributed by atoms with van der Waals surface area (Å²) in [6, 6.07) is 1.37. The first-order chi connectivity index (χ1) is 8.38. The Morgan fingerprint density at radius 1 is 1.28 bits per heavy atom. The zero-order valence-corrected chi connectivity index (χ0v) is 8.56. The summed E-state index contributed by atoms with van der Waals surface area (Å²) < 4.78 is 51.8. The quantitative estimate of drug-likeness (QED) is 0.252. The molecule has 0 unspecified atom stereocenters. The fourth-order valence-corrected chi connectivity index (χ4v) is 0.929. The number of nitrogens with two attached hydrogens (primary N) is 1. The van der Waals surface area contributed by atoms with Crippen LogP contribution in [0.15, 0.2) is 11.2 Å². The predicted octanol–water partition coefficient (Wildman–Crippen LogP) is 1.47. The van der Waals surface area contributed by atoms with E-state index in [1.54, 1.807) is 5.43 Å². The molecular formula is C9H5F4N5. The van der Waals surface area contributed by atoms with Crippen LogP contribution in [-0.2, 0) is 0 Å². The van der Waals surface area contributed by atoms with E-state index >= 15 is 0 Å². The van der Waals surface area contributed by atoms with Crippen molar-refractivity contribution < 1.29 is 17.6 Å². The van der Waals surface area contributed by atoms with E-state index in [0.29, 0.717) is 0 Å². The fraction of sp³-hybridized carbons (Fsp3) is 0. The topological polar surface area (TPSA) is 98.0 Å². The first-order valence-corrected chi connectivity index (χ1v) is 4.29. The summed E-state index contributed by atoms with van der Waals surface area (Å²) in [6.45, 7) is 0. The van der Waals surface area contributed by atoms with Gasteiger partial charge in [0.15, 0.2) is 29.1 Å². The van der Waals surface area contributed by atoms with Gasteiger partial charge in [-0.05, 0) is 0 Å². The number of halogens is 4. The van der Waals surface area contributed by atoms with Crippen molar-refractivity contribution in [2.45, 2.75) is 0 Å². The highest BCUT2D eigenvalue weighted by atomic mass is 19.2. The van der Waals surface area contributed by atoms with E-state index in [9.17, 15) is 17.6 Å². The van der Waals surface area contributed by atoms with Crippen LogP contribution in [0, 0.1) is 40.0 Å². The van der Waals surface area contributed by atoms with Crippen LogP contribution in [0.25, 0.3) is 0 Å². The molecule has 1 aromatic rings. The average molecular weight is 259 g/mol. The van der Waals surface area contributed by atoms with Crippen molar-refractivity contribution in [1.82, 2.24) is 0 Å². The van der Waals surface area contributed by atoms with Gasteiger partial charge in [0.05, 0.1) is 0 Å². The van der Waals surface area contributed by atoms with E-state index in [1.807, 2.05) is 0 Å². The van der Waals surface area contributed by atoms with Crippen molar-refractivity contribution >= 4 is 17.2 Å². The molecule has 0 bridgehead atoms. The maximum absolute atomic E-state index is 13.1. The highest BCUT2D eigenvalue weighted by Crippen LogP contribution is 2.23. The van der Waals surface area contributed by atoms with Gasteiger partial charge in [-0.3, -0.25) is 10.8 Å². The lowest BCUT2D eigenvalue weighted by atomic mass is 10.2. The standard InChI is InChI=1S/C9H5F4N5/c10-3-1-4(11)7(13)8(6(3)12)18-17-5(2-14)9(15)16/h1,18H,(H3,15,16)/b17-5+. The van der Waals surface area contributed by atoms with Gasteiger partial charge in [0.25, 0.3) is 0 Å². The molecule has 5 nitrogen and oxygen atoms in total. The van der Waals surface area contributed by atoms with Crippen molar-refractivity contribution in [2.75, 3.05) is 5.43 Å². The number of amidine groups is 1. The van der Waals surface area contributed by atoms with Gasteiger partial charge in [-0.15, -0.1) is 0 Å². The number of rotatable bonds is 3. The van der Waals surface area contributed by atoms with Gasteiger partial charge in [0.2, 0.25) is 5.71 Å². The number of hydrazone groups is 1. The first-order valence-electron chi connectivity index (χ1n) is 4.29. The van der Waals surface area contributed by atoms with Crippen LogP contribution in [0.4, 0.5) is 23.2 Å². The summed E-state index contributed by atoms with van der Waals surface area (Å²) in [5.41, 5.74) is 4.59. The summed E-state index contributed by atoms with van der Waals surface area (Å²) in [4.78, 5) is 0. The minimum Gasteiger partial charge on any atom is -0.382 e. The molecule has 0 amide bonds. The molecule has 9 heteroatoms. The lowest BCUT2D eigenvalue weighted by Gasteiger charge is -2.06. The Labute approximate surface area is 98.0 Å². The second kappa shape index (κ2) is 5.13. The minimum atomic E-state index is -1.71. The van der Waals surface area contributed by atoms with Gasteiger partial charge < -0.3 is 5.73 Å². The fourth-order valence-electron chi connectivity index (χ4n) is 0.929. The van der Waals surface area contributed by atoms with E-state index in [-0.39, 0.29) is 6.07 Å². The number of benzene rings is 1. The zero-order valence-electron chi connectivity index (χ0n) is 8.56. The van der Waals surface area contributed by atoms with Crippen molar-refractivity contribution in [3.8, 4) is 6.07 Å². The van der Waals surface area contributed by atoms with Crippen molar-refractivity contribution in [3.63, 3.8) is 0 Å². The van der Waals surface area contributed by atoms with Crippen molar-refractivity contribution in [3.05, 3.63) is 29.3 Å². The molecule has 0 aliphatic heterocycles. The molecule has 1 aromatic carbocycles. The Morgan fingerprint density at radius 3 is 2.17 bits per heavy atom. The molecular weight excluding hydrogens is 254 g/mol. The van der Waals surface area contributed by atoms with Crippen molar-refractivity contribution in [2.24, 2.45) is 10.8 Å². The molecule has 94 valence electrons. The van der Waals surface area contributed by atoms with Crippen molar-refractivity contribution in [1.29, 1.82) is 10.7 Å². The summed E-state index contributed by atoms with van der Waals surface area (Å²) in [7, 11) is 0. The smallest absolute Gasteiger partial charge is 0.201 e. The van der Waals surface area contributed by atoms with E-state index in [0.717, 1.165) is 0 Å². The number of nitriles is 1. The molecule has 0 fully saturated rings. The Kier molecular flexibility index (Phi) is 3.83. The van der Waals surface area contributed by atoms with Crippen LogP contribution in [0.5, 0.6) is 0 Å². The van der Waals surface area contributed by atoms with E-state index < -0.39 is 40.5 Å². The SMILES string of the molecule is N#C/C(=N\Nc1c(F)c(F)cc(F)c1F)C(=N)N. The van der Waals surface area contributed by atoms with Crippen LogP contribution < -0.4 is 11.2 Å². The molecule has 0 atom stereocenters. The minimum absolute atomic E-state index is 0.0236. The third-order valence-electron chi connectivity index (χ3n) is 1.75. The molecule has 0 aliphatic carbocycles. The van der Waals surface area contributed by atoms with Crippen LogP contribution >= 0.6 is 0 Å². The van der Waals surface area contributed by atoms with Crippen LogP contribution in [-0.4, -0.2) is 11.5 Å². The molecule has 4 N–H and O–H groups in total. The Morgan fingerprint density at radius 2 is 1.78 bits per heavy atom. The number of hydrogen-bond acceptors (Lipinski definition) is 4. The van der Waals surface area contributed by atoms with Crippen LogP contribution in [0.2, 0.25) is 0 Å². The Hall–Kier alpha value is -2.63. The third kappa shape index (κ3) is 2.54. The van der Waals surface area contributed by atoms with Gasteiger partial charge in [0.1, 0.15) is 11.8 Å². The number of nitrogens with zero attached hydrogens (tertiary/aromatic N) is 2. The van der Waals surface area contributed by atoms with E-state index in [4.69, 9.17) is 16.4 Å². The monoisotopic (exact) mass is 259 g/mol. The van der Waals surface area contributed by atoms with Gasteiger partial charge in [-0.2, -0.15) is 10.4 Å². The number of hydrogen-bond donors (Lipinski definition) is 3. The van der Waals surface area contributed by atoms with Crippen LogP contribution in [0.1, 0.15) is 0 Å². The molecule has 0 heterocycles. The zero-order chi connectivity index (χ0) is 13.9. The van der Waals surface area contributed by atoms with Crippen LogP contribution in [0.3, 0.4) is 0 Å². The maximum atomic E-state index is 13.1.